The van der Waals surface area contributed by atoms with Crippen LogP contribution in [0.1, 0.15) is 17.9 Å². The molecule has 4 aromatic rings. The number of benzene rings is 3. The molecule has 0 aliphatic carbocycles. The molecule has 1 amide bonds. The normalized spacial score (nSPS) is 10.6. The van der Waals surface area contributed by atoms with Crippen molar-refractivity contribution in [2.75, 3.05) is 7.11 Å². The van der Waals surface area contributed by atoms with E-state index in [-0.39, 0.29) is 18.1 Å². The fourth-order valence-electron chi connectivity index (χ4n) is 3.14. The van der Waals surface area contributed by atoms with Crippen molar-refractivity contribution in [2.24, 2.45) is 0 Å². The first-order chi connectivity index (χ1) is 16.1. The van der Waals surface area contributed by atoms with Gasteiger partial charge in [-0.2, -0.15) is 0 Å². The van der Waals surface area contributed by atoms with Crippen molar-refractivity contribution in [2.45, 2.75) is 19.4 Å². The second kappa shape index (κ2) is 10.5. The summed E-state index contributed by atoms with van der Waals surface area (Å²) in [4.78, 5) is 16.5. The number of hydrogen-bond donors (Lipinski definition) is 1. The highest BCUT2D eigenvalue weighted by atomic mass is 19.1. The van der Waals surface area contributed by atoms with Crippen molar-refractivity contribution in [3.8, 4) is 28.6 Å². The average molecular weight is 446 g/mol. The largest absolute Gasteiger partial charge is 0.497 e. The Morgan fingerprint density at radius 3 is 2.24 bits per heavy atom. The molecule has 0 saturated carbocycles. The van der Waals surface area contributed by atoms with Crippen molar-refractivity contribution in [3.63, 3.8) is 0 Å². The van der Waals surface area contributed by atoms with Crippen LogP contribution in [0.25, 0.3) is 11.3 Å². The third-order valence-electron chi connectivity index (χ3n) is 4.96. The first-order valence-corrected chi connectivity index (χ1v) is 10.5. The Kier molecular flexibility index (Phi) is 6.99. The predicted octanol–water partition coefficient (Wildman–Crippen LogP) is 5.53. The van der Waals surface area contributed by atoms with Crippen molar-refractivity contribution in [3.05, 3.63) is 96.3 Å². The second-order valence-electron chi connectivity index (χ2n) is 7.32. The van der Waals surface area contributed by atoms with Crippen LogP contribution in [-0.4, -0.2) is 18.0 Å². The maximum Gasteiger partial charge on any atom is 0.220 e. The minimum absolute atomic E-state index is 0.0918. The fourth-order valence-corrected chi connectivity index (χ4v) is 3.14. The molecule has 0 saturated heterocycles. The van der Waals surface area contributed by atoms with Gasteiger partial charge in [-0.05, 0) is 66.2 Å². The summed E-state index contributed by atoms with van der Waals surface area (Å²) in [5, 5.41) is 2.89. The van der Waals surface area contributed by atoms with Gasteiger partial charge in [0.15, 0.2) is 11.7 Å². The number of halogens is 1. The van der Waals surface area contributed by atoms with Crippen LogP contribution in [0.4, 0.5) is 4.39 Å². The van der Waals surface area contributed by atoms with Crippen molar-refractivity contribution >= 4 is 5.91 Å². The van der Waals surface area contributed by atoms with E-state index in [2.05, 4.69) is 10.3 Å². The van der Waals surface area contributed by atoms with Gasteiger partial charge in [-0.15, -0.1) is 0 Å². The van der Waals surface area contributed by atoms with Crippen molar-refractivity contribution in [1.82, 2.24) is 10.3 Å². The number of nitrogens with zero attached hydrogens (tertiary/aromatic N) is 1. The van der Waals surface area contributed by atoms with Crippen LogP contribution >= 0.6 is 0 Å². The molecule has 1 aromatic heterocycles. The fraction of sp³-hybridized carbons (Fsp3) is 0.154. The van der Waals surface area contributed by atoms with Crippen LogP contribution in [0.5, 0.6) is 17.2 Å². The Morgan fingerprint density at radius 1 is 0.939 bits per heavy atom. The van der Waals surface area contributed by atoms with E-state index in [9.17, 15) is 9.18 Å². The smallest absolute Gasteiger partial charge is 0.220 e. The number of aromatic nitrogens is 1. The lowest BCUT2D eigenvalue weighted by Gasteiger charge is -2.08. The highest BCUT2D eigenvalue weighted by Gasteiger charge is 2.09. The molecule has 0 bridgehead atoms. The Bertz CT molecular complexity index is 1190. The number of carbonyl (C=O) groups excluding carboxylic acids is 1. The quantitative estimate of drug-likeness (QED) is 0.366. The molecule has 168 valence electrons. The van der Waals surface area contributed by atoms with Crippen LogP contribution in [0, 0.1) is 5.82 Å². The van der Waals surface area contributed by atoms with Gasteiger partial charge in [0, 0.05) is 24.9 Å². The highest BCUT2D eigenvalue weighted by molar-refractivity contribution is 5.76. The van der Waals surface area contributed by atoms with E-state index in [4.69, 9.17) is 13.9 Å². The Morgan fingerprint density at radius 2 is 1.58 bits per heavy atom. The second-order valence-corrected chi connectivity index (χ2v) is 7.32. The number of hydrogen-bond acceptors (Lipinski definition) is 5. The zero-order valence-electron chi connectivity index (χ0n) is 18.1. The number of ether oxygens (including phenoxy) is 2. The summed E-state index contributed by atoms with van der Waals surface area (Å²) < 4.78 is 29.6. The van der Waals surface area contributed by atoms with Gasteiger partial charge in [-0.3, -0.25) is 4.79 Å². The summed E-state index contributed by atoms with van der Waals surface area (Å²) >= 11 is 0. The lowest BCUT2D eigenvalue weighted by atomic mass is 10.2. The zero-order chi connectivity index (χ0) is 23.0. The zero-order valence-corrected chi connectivity index (χ0v) is 18.1. The van der Waals surface area contributed by atoms with Gasteiger partial charge in [0.05, 0.1) is 13.3 Å². The van der Waals surface area contributed by atoms with Gasteiger partial charge in [0.25, 0.3) is 0 Å². The summed E-state index contributed by atoms with van der Waals surface area (Å²) in [6.45, 7) is 0.401. The molecule has 0 radical (unpaired) electrons. The Hall–Kier alpha value is -4.13. The number of rotatable bonds is 9. The number of aryl methyl sites for hydroxylation is 1. The van der Waals surface area contributed by atoms with E-state index < -0.39 is 0 Å². The predicted molar refractivity (Wildman–Crippen MR) is 122 cm³/mol. The summed E-state index contributed by atoms with van der Waals surface area (Å²) in [7, 11) is 1.62. The topological polar surface area (TPSA) is 73.6 Å². The highest BCUT2D eigenvalue weighted by Crippen LogP contribution is 2.24. The van der Waals surface area contributed by atoms with E-state index in [1.54, 1.807) is 37.6 Å². The third-order valence-corrected chi connectivity index (χ3v) is 4.96. The van der Waals surface area contributed by atoms with E-state index >= 15 is 0 Å². The van der Waals surface area contributed by atoms with E-state index in [1.807, 2.05) is 36.4 Å². The third kappa shape index (κ3) is 6.20. The van der Waals surface area contributed by atoms with Gasteiger partial charge in [-0.1, -0.05) is 12.1 Å². The molecular formula is C26H23FN2O4. The summed E-state index contributed by atoms with van der Waals surface area (Å²) in [5.74, 6) is 2.71. The molecule has 6 nitrogen and oxygen atoms in total. The number of oxazole rings is 1. The molecule has 0 aliphatic rings. The monoisotopic (exact) mass is 446 g/mol. The average Bonchev–Trinajstić information content (AvgIpc) is 3.33. The van der Waals surface area contributed by atoms with E-state index in [0.717, 1.165) is 16.9 Å². The molecule has 4 rings (SSSR count). The number of amides is 1. The molecule has 33 heavy (non-hydrogen) atoms. The molecule has 1 N–H and O–H groups in total. The molecule has 1 heterocycles. The lowest BCUT2D eigenvalue weighted by molar-refractivity contribution is -0.121. The van der Waals surface area contributed by atoms with Gasteiger partial charge in [0.2, 0.25) is 5.91 Å². The SMILES string of the molecule is COc1ccc(-c2cnc(CCC(=O)NCc3ccc(Oc4ccc(F)cc4)cc3)o2)cc1. The minimum atomic E-state index is -0.311. The van der Waals surface area contributed by atoms with Crippen LogP contribution in [0.3, 0.4) is 0 Å². The molecular weight excluding hydrogens is 423 g/mol. The standard InChI is InChI=1S/C26H23FN2O4/c1-31-21-10-4-19(5-11-21)24-17-29-26(33-24)15-14-25(30)28-16-18-2-8-22(9-3-18)32-23-12-6-20(27)7-13-23/h2-13,17H,14-16H2,1H3,(H,28,30). The lowest BCUT2D eigenvalue weighted by Crippen LogP contribution is -2.23. The Balaban J connectivity index is 1.22. The minimum Gasteiger partial charge on any atom is -0.497 e. The van der Waals surface area contributed by atoms with Crippen molar-refractivity contribution in [1.29, 1.82) is 0 Å². The number of carbonyl (C=O) groups is 1. The van der Waals surface area contributed by atoms with Crippen LogP contribution in [-0.2, 0) is 17.8 Å². The van der Waals surface area contributed by atoms with E-state index in [0.29, 0.717) is 36.1 Å². The molecule has 0 spiro atoms. The molecule has 7 heteroatoms. The van der Waals surface area contributed by atoms with Gasteiger partial charge in [0.1, 0.15) is 23.1 Å². The van der Waals surface area contributed by atoms with Gasteiger partial charge >= 0.3 is 0 Å². The molecule has 3 aromatic carbocycles. The number of methoxy groups -OCH3 is 1. The van der Waals surface area contributed by atoms with Crippen LogP contribution in [0.2, 0.25) is 0 Å². The van der Waals surface area contributed by atoms with Gasteiger partial charge in [-0.25, -0.2) is 9.37 Å². The first kappa shape index (κ1) is 22.1. The maximum atomic E-state index is 13.0. The first-order valence-electron chi connectivity index (χ1n) is 10.5. The van der Waals surface area contributed by atoms with Gasteiger partial charge < -0.3 is 19.2 Å². The number of nitrogens with one attached hydrogen (secondary N) is 1. The summed E-state index contributed by atoms with van der Waals surface area (Å²) in [6, 6.07) is 20.7. The molecule has 0 unspecified atom stereocenters. The molecule has 0 fully saturated rings. The molecule has 0 aliphatic heterocycles. The van der Waals surface area contributed by atoms with Crippen LogP contribution in [0.15, 0.2) is 83.4 Å². The van der Waals surface area contributed by atoms with Crippen LogP contribution < -0.4 is 14.8 Å². The molecule has 0 atom stereocenters. The summed E-state index contributed by atoms with van der Waals surface area (Å²) in [6.07, 6.45) is 2.34. The Labute approximate surface area is 191 Å². The van der Waals surface area contributed by atoms with Crippen molar-refractivity contribution < 1.29 is 23.1 Å². The van der Waals surface area contributed by atoms with E-state index in [1.165, 1.54) is 12.1 Å². The summed E-state index contributed by atoms with van der Waals surface area (Å²) in [5.41, 5.74) is 1.83. The maximum absolute atomic E-state index is 13.0.